The van der Waals surface area contributed by atoms with Gasteiger partial charge in [0.2, 0.25) is 0 Å². The van der Waals surface area contributed by atoms with Crippen LogP contribution < -0.4 is 5.32 Å². The first-order chi connectivity index (χ1) is 10.1. The third-order valence-electron chi connectivity index (χ3n) is 3.47. The number of rotatable bonds is 4. The summed E-state index contributed by atoms with van der Waals surface area (Å²) in [6, 6.07) is 7.65. The standard InChI is InChI=1S/C16H17N3O2/c1-11(9-19-8-7-17-10-19)18-16(20)15-12(2)13-5-3-4-6-14(13)21-15/h3-8,10-11H,9H2,1-2H3,(H,18,20)/t11-/m0/s1. The van der Waals surface area contributed by atoms with Crippen LogP contribution in [0.5, 0.6) is 0 Å². The first kappa shape index (κ1) is 13.4. The first-order valence-electron chi connectivity index (χ1n) is 6.90. The number of carbonyl (C=O) groups is 1. The Morgan fingerprint density at radius 3 is 2.95 bits per heavy atom. The number of aryl methyl sites for hydroxylation is 1. The Bertz CT molecular complexity index is 759. The van der Waals surface area contributed by atoms with Gasteiger partial charge in [-0.25, -0.2) is 4.98 Å². The maximum Gasteiger partial charge on any atom is 0.287 e. The summed E-state index contributed by atoms with van der Waals surface area (Å²) in [5.74, 6) is 0.199. The van der Waals surface area contributed by atoms with Crippen LogP contribution in [-0.4, -0.2) is 21.5 Å². The molecule has 0 spiro atoms. The second-order valence-electron chi connectivity index (χ2n) is 5.19. The fraction of sp³-hybridized carbons (Fsp3) is 0.250. The van der Waals surface area contributed by atoms with E-state index in [4.69, 9.17) is 4.42 Å². The molecule has 1 amide bonds. The monoisotopic (exact) mass is 283 g/mol. The molecule has 2 aromatic heterocycles. The fourth-order valence-electron chi connectivity index (χ4n) is 2.44. The average molecular weight is 283 g/mol. The molecule has 0 aliphatic heterocycles. The Morgan fingerprint density at radius 1 is 1.43 bits per heavy atom. The summed E-state index contributed by atoms with van der Waals surface area (Å²) in [6.45, 7) is 4.53. The lowest BCUT2D eigenvalue weighted by molar-refractivity contribution is 0.0910. The predicted molar refractivity (Wildman–Crippen MR) is 80.1 cm³/mol. The summed E-state index contributed by atoms with van der Waals surface area (Å²) >= 11 is 0. The van der Waals surface area contributed by atoms with Gasteiger partial charge in [0, 0.05) is 35.9 Å². The number of nitrogens with zero attached hydrogens (tertiary/aromatic N) is 2. The largest absolute Gasteiger partial charge is 0.451 e. The first-order valence-corrected chi connectivity index (χ1v) is 6.90. The van der Waals surface area contributed by atoms with E-state index in [1.807, 2.05) is 48.9 Å². The smallest absolute Gasteiger partial charge is 0.287 e. The highest BCUT2D eigenvalue weighted by atomic mass is 16.3. The van der Waals surface area contributed by atoms with E-state index in [0.29, 0.717) is 12.3 Å². The van der Waals surface area contributed by atoms with Crippen molar-refractivity contribution in [2.45, 2.75) is 26.4 Å². The molecule has 0 saturated heterocycles. The SMILES string of the molecule is Cc1c(C(=O)N[C@@H](C)Cn2ccnc2)oc2ccccc12. The zero-order valence-electron chi connectivity index (χ0n) is 12.0. The fourth-order valence-corrected chi connectivity index (χ4v) is 2.44. The van der Waals surface area contributed by atoms with Gasteiger partial charge in [-0.15, -0.1) is 0 Å². The van der Waals surface area contributed by atoms with E-state index in [-0.39, 0.29) is 11.9 Å². The molecule has 0 aliphatic rings. The molecule has 0 fully saturated rings. The molecule has 0 radical (unpaired) electrons. The van der Waals surface area contributed by atoms with E-state index in [0.717, 1.165) is 16.5 Å². The molecule has 1 N–H and O–H groups in total. The average Bonchev–Trinajstić information content (AvgIpc) is 3.07. The lowest BCUT2D eigenvalue weighted by atomic mass is 10.1. The minimum absolute atomic E-state index is 0.0145. The van der Waals surface area contributed by atoms with E-state index in [1.54, 1.807) is 12.5 Å². The van der Waals surface area contributed by atoms with Crippen LogP contribution in [0.1, 0.15) is 23.0 Å². The molecular weight excluding hydrogens is 266 g/mol. The van der Waals surface area contributed by atoms with Gasteiger partial charge in [0.25, 0.3) is 5.91 Å². The van der Waals surface area contributed by atoms with Gasteiger partial charge in [0.05, 0.1) is 6.33 Å². The number of benzene rings is 1. The number of furan rings is 1. The quantitative estimate of drug-likeness (QED) is 0.801. The van der Waals surface area contributed by atoms with Gasteiger partial charge in [-0.1, -0.05) is 18.2 Å². The van der Waals surface area contributed by atoms with Gasteiger partial charge in [0.15, 0.2) is 5.76 Å². The van der Waals surface area contributed by atoms with Crippen LogP contribution in [-0.2, 0) is 6.54 Å². The highest BCUT2D eigenvalue weighted by Gasteiger charge is 2.18. The van der Waals surface area contributed by atoms with Crippen molar-refractivity contribution in [3.05, 3.63) is 54.3 Å². The number of hydrogen-bond donors (Lipinski definition) is 1. The summed E-state index contributed by atoms with van der Waals surface area (Å²) in [5, 5.41) is 3.93. The Balaban J connectivity index is 1.76. The number of para-hydroxylation sites is 1. The van der Waals surface area contributed by atoms with Gasteiger partial charge in [0.1, 0.15) is 5.58 Å². The highest BCUT2D eigenvalue weighted by Crippen LogP contribution is 2.24. The summed E-state index contributed by atoms with van der Waals surface area (Å²) < 4.78 is 7.59. The Morgan fingerprint density at radius 2 is 2.24 bits per heavy atom. The number of amides is 1. The van der Waals surface area contributed by atoms with Crippen molar-refractivity contribution in [1.82, 2.24) is 14.9 Å². The molecule has 2 heterocycles. The molecule has 0 unspecified atom stereocenters. The lowest BCUT2D eigenvalue weighted by Crippen LogP contribution is -2.35. The van der Waals surface area contributed by atoms with Crippen LogP contribution >= 0.6 is 0 Å². The Hall–Kier alpha value is -2.56. The molecule has 0 bridgehead atoms. The normalized spacial score (nSPS) is 12.5. The molecule has 3 aromatic rings. The molecule has 0 saturated carbocycles. The van der Waals surface area contributed by atoms with Crippen LogP contribution in [0, 0.1) is 6.92 Å². The summed E-state index contributed by atoms with van der Waals surface area (Å²) in [7, 11) is 0. The summed E-state index contributed by atoms with van der Waals surface area (Å²) in [5.41, 5.74) is 1.61. The number of imidazole rings is 1. The van der Waals surface area contributed by atoms with E-state index in [2.05, 4.69) is 10.3 Å². The third kappa shape index (κ3) is 2.67. The molecular formula is C16H17N3O2. The van der Waals surface area contributed by atoms with Gasteiger partial charge in [-0.3, -0.25) is 4.79 Å². The zero-order valence-corrected chi connectivity index (χ0v) is 12.0. The van der Waals surface area contributed by atoms with Crippen LogP contribution in [0.3, 0.4) is 0 Å². The third-order valence-corrected chi connectivity index (χ3v) is 3.47. The summed E-state index contributed by atoms with van der Waals surface area (Å²) in [6.07, 6.45) is 5.32. The minimum Gasteiger partial charge on any atom is -0.451 e. The van der Waals surface area contributed by atoms with Gasteiger partial charge < -0.3 is 14.3 Å². The van der Waals surface area contributed by atoms with Gasteiger partial charge >= 0.3 is 0 Å². The van der Waals surface area contributed by atoms with E-state index in [1.165, 1.54) is 0 Å². The second kappa shape index (κ2) is 5.44. The second-order valence-corrected chi connectivity index (χ2v) is 5.19. The highest BCUT2D eigenvalue weighted by molar-refractivity contribution is 5.98. The molecule has 21 heavy (non-hydrogen) atoms. The predicted octanol–water partition coefficient (Wildman–Crippen LogP) is 2.76. The van der Waals surface area contributed by atoms with Gasteiger partial charge in [-0.05, 0) is 19.9 Å². The van der Waals surface area contributed by atoms with Crippen molar-refractivity contribution in [2.24, 2.45) is 0 Å². The summed E-state index contributed by atoms with van der Waals surface area (Å²) in [4.78, 5) is 16.3. The van der Waals surface area contributed by atoms with Crippen LogP contribution in [0.4, 0.5) is 0 Å². The Labute approximate surface area is 122 Å². The van der Waals surface area contributed by atoms with Crippen molar-refractivity contribution in [3.63, 3.8) is 0 Å². The van der Waals surface area contributed by atoms with Crippen molar-refractivity contribution >= 4 is 16.9 Å². The van der Waals surface area contributed by atoms with Crippen molar-refractivity contribution in [3.8, 4) is 0 Å². The molecule has 108 valence electrons. The molecule has 3 rings (SSSR count). The van der Waals surface area contributed by atoms with Crippen molar-refractivity contribution in [1.29, 1.82) is 0 Å². The number of hydrogen-bond acceptors (Lipinski definition) is 3. The topological polar surface area (TPSA) is 60.1 Å². The zero-order chi connectivity index (χ0) is 14.8. The molecule has 5 heteroatoms. The Kier molecular flexibility index (Phi) is 3.48. The molecule has 0 aliphatic carbocycles. The maximum atomic E-state index is 12.3. The van der Waals surface area contributed by atoms with E-state index in [9.17, 15) is 4.79 Å². The molecule has 5 nitrogen and oxygen atoms in total. The van der Waals surface area contributed by atoms with Crippen molar-refractivity contribution < 1.29 is 9.21 Å². The van der Waals surface area contributed by atoms with Crippen LogP contribution in [0.15, 0.2) is 47.4 Å². The van der Waals surface area contributed by atoms with E-state index >= 15 is 0 Å². The van der Waals surface area contributed by atoms with E-state index < -0.39 is 0 Å². The maximum absolute atomic E-state index is 12.3. The van der Waals surface area contributed by atoms with Crippen LogP contribution in [0.2, 0.25) is 0 Å². The van der Waals surface area contributed by atoms with Crippen LogP contribution in [0.25, 0.3) is 11.0 Å². The number of nitrogens with one attached hydrogen (secondary N) is 1. The minimum atomic E-state index is -0.184. The lowest BCUT2D eigenvalue weighted by Gasteiger charge is -2.13. The number of carbonyl (C=O) groups excluding carboxylic acids is 1. The van der Waals surface area contributed by atoms with Gasteiger partial charge in [-0.2, -0.15) is 0 Å². The van der Waals surface area contributed by atoms with Crippen molar-refractivity contribution in [2.75, 3.05) is 0 Å². The molecule has 1 atom stereocenters. The number of fused-ring (bicyclic) bond motifs is 1. The molecule has 1 aromatic carbocycles. The number of aromatic nitrogens is 2.